The fourth-order valence-corrected chi connectivity index (χ4v) is 13.3. The van der Waals surface area contributed by atoms with E-state index >= 15 is 0 Å². The number of ether oxygens (including phenoxy) is 12. The topological polar surface area (TPSA) is 293 Å². The van der Waals surface area contributed by atoms with Gasteiger partial charge in [-0.25, -0.2) is 0 Å². The molecule has 0 heterocycles. The predicted molar refractivity (Wildman–Crippen MR) is 532 cm³/mol. The van der Waals surface area contributed by atoms with Crippen LogP contribution in [0.2, 0.25) is 0 Å². The SMILES string of the molecule is CCC(C)c1ccccc1OCC(O)CO.CCOCC(O)COc1c(C(C)CC)cccc1C(C)CC.CCOCC(O)COc1ccc(C(C)(C)c2ccccc2)cc1.CCOCC(O)COc1ccc(C(C)C)c(C)c1.CCOCC(O)COc1ccc(C(C)CC)cc1.CCOCC(O)COc1ccccc1C(C)CC.Cc1cc(OCC(O)CO)ccc1C(C)C. The first-order chi connectivity index (χ1) is 62.7. The van der Waals surface area contributed by atoms with Crippen LogP contribution in [0.25, 0.3) is 0 Å². The van der Waals surface area contributed by atoms with Gasteiger partial charge in [0.25, 0.3) is 0 Å². The molecule has 0 radical (unpaired) electrons. The van der Waals surface area contributed by atoms with Crippen molar-refractivity contribution in [3.05, 3.63) is 243 Å². The summed E-state index contributed by atoms with van der Waals surface area (Å²) in [5.74, 6) is 9.07. The zero-order chi connectivity index (χ0) is 97.6. The van der Waals surface area contributed by atoms with Gasteiger partial charge in [0.05, 0.1) is 46.2 Å². The molecule has 21 nitrogen and oxygen atoms in total. The number of hydrogen-bond acceptors (Lipinski definition) is 21. The number of hydrogen-bond donors (Lipinski definition) is 9. The van der Waals surface area contributed by atoms with Crippen molar-refractivity contribution in [3.63, 3.8) is 0 Å². The minimum absolute atomic E-state index is 0.0612. The molecule has 8 aromatic rings. The van der Waals surface area contributed by atoms with Gasteiger partial charge < -0.3 is 103 Å². The summed E-state index contributed by atoms with van der Waals surface area (Å²) in [7, 11) is 0. The van der Waals surface area contributed by atoms with E-state index in [1.165, 1.54) is 55.6 Å². The van der Waals surface area contributed by atoms with Gasteiger partial charge in [-0.15, -0.1) is 0 Å². The molecule has 0 aliphatic carbocycles. The maximum Gasteiger partial charge on any atom is 0.126 e. The average Bonchev–Trinajstić information content (AvgIpc) is 0.798. The van der Waals surface area contributed by atoms with Crippen LogP contribution in [-0.4, -0.2) is 214 Å². The smallest absolute Gasteiger partial charge is 0.126 e. The summed E-state index contributed by atoms with van der Waals surface area (Å²) in [6.45, 7) is 54.2. The highest BCUT2D eigenvalue weighted by Crippen LogP contribution is 2.38. The molecule has 0 amide bonds. The fraction of sp³-hybridized carbons (Fsp3) is 0.564. The quantitative estimate of drug-likeness (QED) is 0.0171. The second-order valence-corrected chi connectivity index (χ2v) is 34.2. The van der Waals surface area contributed by atoms with E-state index in [-0.39, 0.29) is 64.9 Å². The zero-order valence-corrected chi connectivity index (χ0v) is 83.8. The van der Waals surface area contributed by atoms with Gasteiger partial charge in [0.1, 0.15) is 129 Å². The Morgan fingerprint density at radius 3 is 0.863 bits per heavy atom. The minimum atomic E-state index is -0.815. The number of aliphatic hydroxyl groups is 9. The molecule has 0 spiro atoms. The zero-order valence-electron chi connectivity index (χ0n) is 83.8. The Balaban J connectivity index is 0.000000519. The lowest BCUT2D eigenvalue weighted by molar-refractivity contribution is 0.0159. The van der Waals surface area contributed by atoms with Crippen molar-refractivity contribution in [2.75, 3.05) is 126 Å². The lowest BCUT2D eigenvalue weighted by atomic mass is 9.78. The second kappa shape index (κ2) is 69.6. The molecular weight excluding hydrogens is 1660 g/mol. The molecule has 131 heavy (non-hydrogen) atoms. The van der Waals surface area contributed by atoms with Gasteiger partial charge in [0.15, 0.2) is 0 Å². The third-order valence-electron chi connectivity index (χ3n) is 22.4. The summed E-state index contributed by atoms with van der Waals surface area (Å²) in [6, 6.07) is 60.8. The molecule has 12 atom stereocenters. The second-order valence-electron chi connectivity index (χ2n) is 34.2. The molecule has 0 saturated carbocycles. The van der Waals surface area contributed by atoms with E-state index in [0.29, 0.717) is 107 Å². The van der Waals surface area contributed by atoms with Crippen LogP contribution < -0.4 is 33.2 Å². The highest BCUT2D eigenvalue weighted by Gasteiger charge is 2.24. The largest absolute Gasteiger partial charge is 0.491 e. The van der Waals surface area contributed by atoms with E-state index in [0.717, 1.165) is 77.9 Å². The van der Waals surface area contributed by atoms with Crippen molar-refractivity contribution in [1.82, 2.24) is 0 Å². The molecule has 8 aromatic carbocycles. The molecule has 21 heteroatoms. The third-order valence-corrected chi connectivity index (χ3v) is 22.4. The van der Waals surface area contributed by atoms with E-state index in [9.17, 15) is 30.6 Å². The van der Waals surface area contributed by atoms with Gasteiger partial charge in [-0.3, -0.25) is 0 Å². The number of aryl methyl sites for hydroxylation is 2. The highest BCUT2D eigenvalue weighted by molar-refractivity contribution is 5.46. The molecule has 0 aliphatic rings. The van der Waals surface area contributed by atoms with Crippen molar-refractivity contribution in [3.8, 4) is 40.2 Å². The van der Waals surface area contributed by atoms with E-state index in [2.05, 4.69) is 197 Å². The van der Waals surface area contributed by atoms with Crippen LogP contribution in [0.5, 0.6) is 40.2 Å². The number of benzene rings is 8. The van der Waals surface area contributed by atoms with Crippen LogP contribution in [0.1, 0.15) is 280 Å². The number of aliphatic hydroxyl groups excluding tert-OH is 9. The van der Waals surface area contributed by atoms with E-state index < -0.39 is 42.7 Å². The lowest BCUT2D eigenvalue weighted by Gasteiger charge is -2.26. The minimum Gasteiger partial charge on any atom is -0.491 e. The van der Waals surface area contributed by atoms with Gasteiger partial charge in [-0.05, 0) is 244 Å². The molecule has 0 bridgehead atoms. The van der Waals surface area contributed by atoms with Crippen molar-refractivity contribution in [2.24, 2.45) is 0 Å². The van der Waals surface area contributed by atoms with Gasteiger partial charge in [0, 0.05) is 38.4 Å². The van der Waals surface area contributed by atoms with Crippen molar-refractivity contribution >= 4 is 0 Å². The van der Waals surface area contributed by atoms with Crippen LogP contribution in [0, 0.1) is 13.8 Å². The first-order valence-corrected chi connectivity index (χ1v) is 47.7. The first-order valence-electron chi connectivity index (χ1n) is 47.7. The van der Waals surface area contributed by atoms with E-state index in [1.54, 1.807) is 0 Å². The summed E-state index contributed by atoms with van der Waals surface area (Å²) in [5, 5.41) is 84.3. The molecule has 0 saturated heterocycles. The van der Waals surface area contributed by atoms with Crippen LogP contribution in [0.15, 0.2) is 182 Å². The molecule has 12 unspecified atom stereocenters. The van der Waals surface area contributed by atoms with Gasteiger partial charge in [0.2, 0.25) is 0 Å². The lowest BCUT2D eigenvalue weighted by Crippen LogP contribution is -2.24. The maximum atomic E-state index is 9.96. The predicted octanol–water partition coefficient (Wildman–Crippen LogP) is 20.9. The molecular formula is C110H170O21. The highest BCUT2D eigenvalue weighted by atomic mass is 16.5. The Morgan fingerprint density at radius 2 is 0.534 bits per heavy atom. The summed E-state index contributed by atoms with van der Waals surface area (Å²) < 4.78 is 65.1. The summed E-state index contributed by atoms with van der Waals surface area (Å²) in [4.78, 5) is 0. The standard InChI is InChI=1S/C20H26O3.C19H32O3.3C15H24O3.2C13H20O3/c1-4-22-14-18(21)15-23-19-12-10-17(11-13-19)20(2,3)16-8-6-5-7-9-16;1-6-14(4)17-10-9-11-18(15(5)7-2)19(17)22-13-16(20)12-21-8-3;1-5-17-9-13(16)10-18-14-6-7-15(11(2)3)12(4)8-14;1-4-12(3)13-6-8-15(9-7-13)18-11-14(16)10-17-5-2;1-4-12(3)14-8-6-7-9-15(14)18-11-13(16)10-17-5-2;1-9(2)13-5-4-12(6-10(13)3)16-8-11(15)7-14;1-3-10(2)12-6-4-5-7-13(12)16-9-11(15)8-14/h5-13,18,21H,4,14-15H2,1-3H3;9-11,14-16,20H,6-8,12-13H2,1-5H3;6-8,11,13,16H,5,9-10H2,1-4H3;6-9,12,14,16H,4-5,10-11H2,1-3H3;6-9,12-13,16H,4-5,10-11H2,1-3H3;4-6,9,11,14-15H,7-8H2,1-3H3;4-7,10-11,14-15H,3,8-9H2,1-2H3. The van der Waals surface area contributed by atoms with Crippen LogP contribution in [-0.2, 0) is 29.1 Å². The fourth-order valence-electron chi connectivity index (χ4n) is 13.3. The monoisotopic (exact) mass is 1830 g/mol. The van der Waals surface area contributed by atoms with E-state index in [4.69, 9.17) is 72.2 Å². The van der Waals surface area contributed by atoms with Crippen molar-refractivity contribution < 1.29 is 103 Å². The number of para-hydroxylation sites is 3. The van der Waals surface area contributed by atoms with E-state index in [1.807, 2.05) is 145 Å². The van der Waals surface area contributed by atoms with Crippen LogP contribution in [0.3, 0.4) is 0 Å². The van der Waals surface area contributed by atoms with Crippen LogP contribution in [0.4, 0.5) is 0 Å². The molecule has 736 valence electrons. The molecule has 0 fully saturated rings. The average molecular weight is 1830 g/mol. The molecule has 0 aromatic heterocycles. The van der Waals surface area contributed by atoms with Crippen molar-refractivity contribution in [1.29, 1.82) is 0 Å². The summed E-state index contributed by atoms with van der Waals surface area (Å²) in [5.41, 5.74) is 13.6. The number of rotatable bonds is 52. The Hall–Kier alpha value is -8.20. The Labute approximate surface area is 788 Å². The van der Waals surface area contributed by atoms with Crippen molar-refractivity contribution in [2.45, 2.75) is 281 Å². The normalized spacial score (nSPS) is 13.8. The van der Waals surface area contributed by atoms with Gasteiger partial charge in [-0.2, -0.15) is 0 Å². The summed E-state index contributed by atoms with van der Waals surface area (Å²) >= 11 is 0. The Bertz CT molecular complexity index is 4110. The van der Waals surface area contributed by atoms with Crippen LogP contribution >= 0.6 is 0 Å². The Kier molecular flexibility index (Phi) is 63.2. The van der Waals surface area contributed by atoms with Gasteiger partial charge in [-0.1, -0.05) is 232 Å². The molecule has 8 rings (SSSR count). The third kappa shape index (κ3) is 48.0. The summed E-state index contributed by atoms with van der Waals surface area (Å²) in [6.07, 6.45) is 0.853. The Morgan fingerprint density at radius 1 is 0.260 bits per heavy atom. The first kappa shape index (κ1) is 119. The molecule has 0 aliphatic heterocycles. The maximum absolute atomic E-state index is 9.96. The molecule has 9 N–H and O–H groups in total. The van der Waals surface area contributed by atoms with Gasteiger partial charge >= 0.3 is 0 Å².